The number of aliphatic hydroxyl groups is 1. The zero-order chi connectivity index (χ0) is 13.1. The molecule has 0 saturated heterocycles. The summed E-state index contributed by atoms with van der Waals surface area (Å²) in [5.74, 6) is 1.33. The summed E-state index contributed by atoms with van der Waals surface area (Å²) in [5.41, 5.74) is 1.46. The number of aromatic nitrogens is 1. The fourth-order valence-corrected chi connectivity index (χ4v) is 2.63. The van der Waals surface area contributed by atoms with Gasteiger partial charge in [-0.25, -0.2) is 4.98 Å². The third kappa shape index (κ3) is 2.58. The van der Waals surface area contributed by atoms with Gasteiger partial charge in [-0.3, -0.25) is 0 Å². The molecule has 0 fully saturated rings. The van der Waals surface area contributed by atoms with Crippen LogP contribution in [0.4, 0.5) is 0 Å². The highest BCUT2D eigenvalue weighted by Crippen LogP contribution is 2.35. The second-order valence-corrected chi connectivity index (χ2v) is 5.16. The fourth-order valence-electron chi connectivity index (χ4n) is 1.60. The molecular weight excluding hydrogens is 274 g/mol. The van der Waals surface area contributed by atoms with Crippen molar-refractivity contribution < 1.29 is 14.6 Å². The van der Waals surface area contributed by atoms with Crippen molar-refractivity contribution in [1.82, 2.24) is 4.98 Å². The number of ether oxygens (including phenoxy) is 2. The first-order valence-electron chi connectivity index (χ1n) is 5.17. The lowest BCUT2D eigenvalue weighted by molar-refractivity contribution is 0.286. The zero-order valence-electron chi connectivity index (χ0n) is 9.94. The van der Waals surface area contributed by atoms with E-state index in [4.69, 9.17) is 21.1 Å². The van der Waals surface area contributed by atoms with Gasteiger partial charge in [-0.2, -0.15) is 0 Å². The van der Waals surface area contributed by atoms with E-state index in [-0.39, 0.29) is 6.61 Å². The van der Waals surface area contributed by atoms with E-state index in [1.807, 2.05) is 12.1 Å². The van der Waals surface area contributed by atoms with Crippen molar-refractivity contribution in [3.05, 3.63) is 27.5 Å². The van der Waals surface area contributed by atoms with E-state index in [0.717, 1.165) is 10.4 Å². The molecule has 1 aromatic carbocycles. The molecule has 0 atom stereocenters. The minimum atomic E-state index is -0.0980. The summed E-state index contributed by atoms with van der Waals surface area (Å²) in [6, 6.07) is 5.43. The average Bonchev–Trinajstić information content (AvgIpc) is 2.79. The Morgan fingerprint density at radius 3 is 2.33 bits per heavy atom. The molecule has 6 heteroatoms. The van der Waals surface area contributed by atoms with E-state index in [2.05, 4.69) is 4.98 Å². The van der Waals surface area contributed by atoms with Crippen LogP contribution < -0.4 is 9.47 Å². The Balaban J connectivity index is 2.54. The lowest BCUT2D eigenvalue weighted by atomic mass is 10.1. The number of methoxy groups -OCH3 is 2. The predicted molar refractivity (Wildman–Crippen MR) is 71.6 cm³/mol. The Kier molecular flexibility index (Phi) is 4.06. The Bertz CT molecular complexity index is 534. The predicted octanol–water partition coefficient (Wildman–Crippen LogP) is 2.97. The van der Waals surface area contributed by atoms with Crippen LogP contribution in [0.2, 0.25) is 4.47 Å². The molecule has 96 valence electrons. The zero-order valence-corrected chi connectivity index (χ0v) is 11.5. The first-order valence-corrected chi connectivity index (χ1v) is 6.37. The van der Waals surface area contributed by atoms with Crippen molar-refractivity contribution >= 4 is 22.9 Å². The number of thiazole rings is 1. The molecular formula is C12H12ClNO3S. The highest BCUT2D eigenvalue weighted by molar-refractivity contribution is 7.16. The number of hydrogen-bond acceptors (Lipinski definition) is 5. The molecule has 2 rings (SSSR count). The van der Waals surface area contributed by atoms with Crippen LogP contribution in [0.3, 0.4) is 0 Å². The fraction of sp³-hybridized carbons (Fsp3) is 0.250. The van der Waals surface area contributed by atoms with E-state index < -0.39 is 0 Å². The maximum atomic E-state index is 9.30. The molecule has 0 unspecified atom stereocenters. The maximum absolute atomic E-state index is 9.30. The van der Waals surface area contributed by atoms with Gasteiger partial charge in [0.2, 0.25) is 0 Å². The van der Waals surface area contributed by atoms with E-state index in [1.165, 1.54) is 11.3 Å². The number of hydrogen-bond donors (Lipinski definition) is 1. The minimum absolute atomic E-state index is 0.0980. The first kappa shape index (κ1) is 13.1. The van der Waals surface area contributed by atoms with Crippen LogP contribution >= 0.6 is 22.9 Å². The van der Waals surface area contributed by atoms with E-state index in [1.54, 1.807) is 20.3 Å². The molecule has 0 aliphatic rings. The molecule has 0 bridgehead atoms. The molecule has 18 heavy (non-hydrogen) atoms. The SMILES string of the molecule is COc1cc(OC)cc(-c2nc(Cl)sc2CO)c1. The van der Waals surface area contributed by atoms with Gasteiger partial charge in [0.25, 0.3) is 0 Å². The molecule has 1 heterocycles. The van der Waals surface area contributed by atoms with Gasteiger partial charge in [-0.1, -0.05) is 11.6 Å². The molecule has 0 saturated carbocycles. The van der Waals surface area contributed by atoms with Crippen molar-refractivity contribution in [3.8, 4) is 22.8 Å². The molecule has 0 amide bonds. The van der Waals surface area contributed by atoms with Crippen LogP contribution in [0.5, 0.6) is 11.5 Å². The van der Waals surface area contributed by atoms with Crippen LogP contribution in [-0.2, 0) is 6.61 Å². The first-order chi connectivity index (χ1) is 8.67. The van der Waals surface area contributed by atoms with Crippen molar-refractivity contribution in [2.75, 3.05) is 14.2 Å². The van der Waals surface area contributed by atoms with Gasteiger partial charge in [-0.15, -0.1) is 11.3 Å². The monoisotopic (exact) mass is 285 g/mol. The van der Waals surface area contributed by atoms with E-state index in [9.17, 15) is 5.11 Å². The molecule has 1 N–H and O–H groups in total. The molecule has 2 aromatic rings. The Morgan fingerprint density at radius 1 is 1.22 bits per heavy atom. The summed E-state index contributed by atoms with van der Waals surface area (Å²) in [4.78, 5) is 4.93. The maximum Gasteiger partial charge on any atom is 0.184 e. The molecule has 0 aliphatic heterocycles. The van der Waals surface area contributed by atoms with Gasteiger partial charge in [0, 0.05) is 11.6 Å². The van der Waals surface area contributed by atoms with Gasteiger partial charge < -0.3 is 14.6 Å². The minimum Gasteiger partial charge on any atom is -0.497 e. The summed E-state index contributed by atoms with van der Waals surface area (Å²) in [5, 5.41) is 9.30. The lowest BCUT2D eigenvalue weighted by Crippen LogP contribution is -1.91. The molecule has 0 spiro atoms. The highest BCUT2D eigenvalue weighted by Gasteiger charge is 2.13. The van der Waals surface area contributed by atoms with E-state index >= 15 is 0 Å². The normalized spacial score (nSPS) is 10.4. The summed E-state index contributed by atoms with van der Waals surface area (Å²) in [6.45, 7) is -0.0980. The standard InChI is InChI=1S/C12H12ClNO3S/c1-16-8-3-7(4-9(5-8)17-2)11-10(6-15)18-12(13)14-11/h3-5,15H,6H2,1-2H3. The Labute approximate surface area is 114 Å². The second kappa shape index (κ2) is 5.56. The van der Waals surface area contributed by atoms with Gasteiger partial charge >= 0.3 is 0 Å². The Hall–Kier alpha value is -1.30. The molecule has 0 aliphatic carbocycles. The topological polar surface area (TPSA) is 51.6 Å². The Morgan fingerprint density at radius 2 is 1.83 bits per heavy atom. The van der Waals surface area contributed by atoms with Gasteiger partial charge in [0.15, 0.2) is 4.47 Å². The smallest absolute Gasteiger partial charge is 0.184 e. The van der Waals surface area contributed by atoms with Gasteiger partial charge in [0.1, 0.15) is 11.5 Å². The van der Waals surface area contributed by atoms with Crippen LogP contribution in [0, 0.1) is 0 Å². The van der Waals surface area contributed by atoms with Crippen molar-refractivity contribution in [2.45, 2.75) is 6.61 Å². The number of halogens is 1. The quantitative estimate of drug-likeness (QED) is 0.938. The number of benzene rings is 1. The van der Waals surface area contributed by atoms with Crippen LogP contribution in [0.1, 0.15) is 4.88 Å². The number of aliphatic hydroxyl groups excluding tert-OH is 1. The summed E-state index contributed by atoms with van der Waals surface area (Å²) < 4.78 is 10.8. The van der Waals surface area contributed by atoms with Crippen LogP contribution in [0.15, 0.2) is 18.2 Å². The van der Waals surface area contributed by atoms with E-state index in [0.29, 0.717) is 21.7 Å². The number of nitrogens with zero attached hydrogens (tertiary/aromatic N) is 1. The molecule has 1 aromatic heterocycles. The van der Waals surface area contributed by atoms with Crippen LogP contribution in [-0.4, -0.2) is 24.3 Å². The van der Waals surface area contributed by atoms with Crippen molar-refractivity contribution in [1.29, 1.82) is 0 Å². The van der Waals surface area contributed by atoms with Gasteiger partial charge in [-0.05, 0) is 12.1 Å². The van der Waals surface area contributed by atoms with Crippen LogP contribution in [0.25, 0.3) is 11.3 Å². The largest absolute Gasteiger partial charge is 0.497 e. The summed E-state index contributed by atoms with van der Waals surface area (Å²) >= 11 is 7.13. The second-order valence-electron chi connectivity index (χ2n) is 3.50. The third-order valence-electron chi connectivity index (χ3n) is 2.44. The highest BCUT2D eigenvalue weighted by atomic mass is 35.5. The van der Waals surface area contributed by atoms with Crippen molar-refractivity contribution in [2.24, 2.45) is 0 Å². The van der Waals surface area contributed by atoms with Gasteiger partial charge in [0.05, 0.1) is 31.4 Å². The third-order valence-corrected chi connectivity index (χ3v) is 3.58. The summed E-state index contributed by atoms with van der Waals surface area (Å²) in [7, 11) is 3.17. The molecule has 4 nitrogen and oxygen atoms in total. The number of rotatable bonds is 4. The lowest BCUT2D eigenvalue weighted by Gasteiger charge is -2.07. The average molecular weight is 286 g/mol. The molecule has 0 radical (unpaired) electrons. The summed E-state index contributed by atoms with van der Waals surface area (Å²) in [6.07, 6.45) is 0. The van der Waals surface area contributed by atoms with Crippen molar-refractivity contribution in [3.63, 3.8) is 0 Å².